The summed E-state index contributed by atoms with van der Waals surface area (Å²) in [6.07, 6.45) is 11.5. The molecule has 0 atom stereocenters. The number of hydrogen-bond acceptors (Lipinski definition) is 1. The molecule has 0 amide bonds. The topological polar surface area (TPSA) is 9.23 Å². The van der Waals surface area contributed by atoms with Crippen LogP contribution in [0.2, 0.25) is 0 Å². The molecule has 0 radical (unpaired) electrons. The third-order valence-corrected chi connectivity index (χ3v) is 2.94. The molecule has 0 saturated heterocycles. The van der Waals surface area contributed by atoms with E-state index in [-0.39, 0.29) is 0 Å². The van der Waals surface area contributed by atoms with E-state index in [1.54, 1.807) is 0 Å². The lowest BCUT2D eigenvalue weighted by atomic mass is 10.1. The first-order chi connectivity index (χ1) is 9.22. The molecule has 0 aliphatic rings. The van der Waals surface area contributed by atoms with Crippen LogP contribution in [0, 0.1) is 12.3 Å². The summed E-state index contributed by atoms with van der Waals surface area (Å²) in [7, 11) is 0. The van der Waals surface area contributed by atoms with Gasteiger partial charge in [0.25, 0.3) is 0 Å². The van der Waals surface area contributed by atoms with Crippen molar-refractivity contribution in [2.24, 2.45) is 0 Å². The van der Waals surface area contributed by atoms with Crippen molar-refractivity contribution in [1.82, 2.24) is 0 Å². The fourth-order valence-corrected chi connectivity index (χ4v) is 1.60. The molecule has 1 aromatic carbocycles. The van der Waals surface area contributed by atoms with Gasteiger partial charge in [-0.15, -0.1) is 6.42 Å². The first-order valence-electron chi connectivity index (χ1n) is 6.63. The Hall–Kier alpha value is -1.78. The number of hydrogen-bond donors (Lipinski definition) is 0. The SMILES string of the molecule is C#C/C(C)=C\COC/C=C(\C)CCc1ccccc1. The zero-order valence-electron chi connectivity index (χ0n) is 11.9. The Bertz CT molecular complexity index is 460. The molecule has 1 nitrogen and oxygen atoms in total. The van der Waals surface area contributed by atoms with Gasteiger partial charge in [0.05, 0.1) is 13.2 Å². The largest absolute Gasteiger partial charge is 0.373 e. The predicted molar refractivity (Wildman–Crippen MR) is 81.9 cm³/mol. The Kier molecular flexibility index (Phi) is 7.39. The van der Waals surface area contributed by atoms with Gasteiger partial charge in [-0.2, -0.15) is 0 Å². The molecule has 100 valence electrons. The Morgan fingerprint density at radius 3 is 2.53 bits per heavy atom. The van der Waals surface area contributed by atoms with Crippen molar-refractivity contribution in [1.29, 1.82) is 0 Å². The summed E-state index contributed by atoms with van der Waals surface area (Å²) in [6, 6.07) is 10.5. The van der Waals surface area contributed by atoms with Crippen molar-refractivity contribution in [3.05, 3.63) is 59.2 Å². The zero-order valence-corrected chi connectivity index (χ0v) is 11.9. The van der Waals surface area contributed by atoms with E-state index in [0.717, 1.165) is 18.4 Å². The normalized spacial score (nSPS) is 12.3. The molecule has 0 saturated carbocycles. The van der Waals surface area contributed by atoms with Gasteiger partial charge >= 0.3 is 0 Å². The molecule has 0 heterocycles. The lowest BCUT2D eigenvalue weighted by molar-refractivity contribution is 0.193. The van der Waals surface area contributed by atoms with Crippen LogP contribution in [0.3, 0.4) is 0 Å². The number of allylic oxidation sites excluding steroid dienone is 2. The van der Waals surface area contributed by atoms with Crippen LogP contribution >= 0.6 is 0 Å². The molecule has 0 bridgehead atoms. The van der Waals surface area contributed by atoms with Gasteiger partial charge in [0.2, 0.25) is 0 Å². The first-order valence-corrected chi connectivity index (χ1v) is 6.63. The maximum absolute atomic E-state index is 5.48. The lowest BCUT2D eigenvalue weighted by Crippen LogP contribution is -1.94. The van der Waals surface area contributed by atoms with E-state index in [2.05, 4.69) is 43.2 Å². The fourth-order valence-electron chi connectivity index (χ4n) is 1.60. The van der Waals surface area contributed by atoms with Crippen LogP contribution in [0.15, 0.2) is 53.6 Å². The minimum Gasteiger partial charge on any atom is -0.373 e. The van der Waals surface area contributed by atoms with E-state index in [1.807, 2.05) is 19.1 Å². The van der Waals surface area contributed by atoms with Gasteiger partial charge in [-0.1, -0.05) is 47.9 Å². The van der Waals surface area contributed by atoms with Crippen molar-refractivity contribution in [2.45, 2.75) is 26.7 Å². The molecule has 0 aliphatic carbocycles. The molecule has 0 aliphatic heterocycles. The molecule has 1 aromatic rings. The first kappa shape index (κ1) is 15.3. The maximum atomic E-state index is 5.48. The molecular formula is C18H22O. The van der Waals surface area contributed by atoms with Gasteiger partial charge < -0.3 is 4.74 Å². The molecule has 0 fully saturated rings. The number of terminal acetylenes is 1. The fraction of sp³-hybridized carbons (Fsp3) is 0.333. The molecular weight excluding hydrogens is 232 g/mol. The monoisotopic (exact) mass is 254 g/mol. The van der Waals surface area contributed by atoms with Crippen molar-refractivity contribution >= 4 is 0 Å². The van der Waals surface area contributed by atoms with Gasteiger partial charge in [-0.3, -0.25) is 0 Å². The summed E-state index contributed by atoms with van der Waals surface area (Å²) in [4.78, 5) is 0. The minimum absolute atomic E-state index is 0.582. The molecule has 1 heteroatoms. The summed E-state index contributed by atoms with van der Waals surface area (Å²) >= 11 is 0. The van der Waals surface area contributed by atoms with Crippen LogP contribution < -0.4 is 0 Å². The number of benzene rings is 1. The Balaban J connectivity index is 2.21. The van der Waals surface area contributed by atoms with Gasteiger partial charge in [0, 0.05) is 0 Å². The second-order valence-corrected chi connectivity index (χ2v) is 4.61. The third kappa shape index (κ3) is 7.28. The highest BCUT2D eigenvalue weighted by Gasteiger charge is 1.93. The van der Waals surface area contributed by atoms with Crippen LogP contribution in [0.1, 0.15) is 25.8 Å². The van der Waals surface area contributed by atoms with Crippen LogP contribution in [0.25, 0.3) is 0 Å². The van der Waals surface area contributed by atoms with E-state index in [9.17, 15) is 0 Å². The second-order valence-electron chi connectivity index (χ2n) is 4.61. The van der Waals surface area contributed by atoms with E-state index in [0.29, 0.717) is 13.2 Å². The number of aryl methyl sites for hydroxylation is 1. The van der Waals surface area contributed by atoms with Crippen molar-refractivity contribution in [2.75, 3.05) is 13.2 Å². The van der Waals surface area contributed by atoms with Crippen molar-refractivity contribution in [3.63, 3.8) is 0 Å². The lowest BCUT2D eigenvalue weighted by Gasteiger charge is -2.03. The molecule has 1 rings (SSSR count). The standard InChI is InChI=1S/C18H22O/c1-4-16(2)12-14-19-15-13-17(3)10-11-18-8-6-5-7-9-18/h1,5-9,12-13H,10-11,14-15H2,2-3H3/b16-12-,17-13+. The molecule has 0 spiro atoms. The zero-order chi connectivity index (χ0) is 13.9. The summed E-state index contributed by atoms with van der Waals surface area (Å²) in [5.74, 6) is 2.57. The molecule has 19 heavy (non-hydrogen) atoms. The highest BCUT2D eigenvalue weighted by Crippen LogP contribution is 2.08. The average Bonchev–Trinajstić information content (AvgIpc) is 2.45. The quantitative estimate of drug-likeness (QED) is 0.403. The second kappa shape index (κ2) is 9.19. The predicted octanol–water partition coefficient (Wildman–Crippen LogP) is 4.16. The summed E-state index contributed by atoms with van der Waals surface area (Å²) in [6.45, 7) is 5.28. The number of rotatable bonds is 7. The van der Waals surface area contributed by atoms with Crippen LogP contribution in [0.5, 0.6) is 0 Å². The smallest absolute Gasteiger partial charge is 0.0663 e. The molecule has 0 unspecified atom stereocenters. The molecule has 0 N–H and O–H groups in total. The van der Waals surface area contributed by atoms with E-state index >= 15 is 0 Å². The third-order valence-electron chi connectivity index (χ3n) is 2.94. The van der Waals surface area contributed by atoms with Crippen LogP contribution in [-0.4, -0.2) is 13.2 Å². The summed E-state index contributed by atoms with van der Waals surface area (Å²) < 4.78 is 5.48. The summed E-state index contributed by atoms with van der Waals surface area (Å²) in [5.41, 5.74) is 3.66. The van der Waals surface area contributed by atoms with Crippen molar-refractivity contribution < 1.29 is 4.74 Å². The average molecular weight is 254 g/mol. The Morgan fingerprint density at radius 1 is 1.16 bits per heavy atom. The Labute approximate surface area is 117 Å². The van der Waals surface area contributed by atoms with Gasteiger partial charge in [-0.05, 0) is 43.9 Å². The Morgan fingerprint density at radius 2 is 1.84 bits per heavy atom. The van der Waals surface area contributed by atoms with Crippen molar-refractivity contribution in [3.8, 4) is 12.3 Å². The van der Waals surface area contributed by atoms with E-state index in [1.165, 1.54) is 11.1 Å². The van der Waals surface area contributed by atoms with Crippen LogP contribution in [0.4, 0.5) is 0 Å². The molecule has 0 aromatic heterocycles. The minimum atomic E-state index is 0.582. The number of ether oxygens (including phenoxy) is 1. The van der Waals surface area contributed by atoms with Crippen LogP contribution in [-0.2, 0) is 11.2 Å². The van der Waals surface area contributed by atoms with E-state index in [4.69, 9.17) is 11.2 Å². The highest BCUT2D eigenvalue weighted by molar-refractivity contribution is 5.22. The van der Waals surface area contributed by atoms with E-state index < -0.39 is 0 Å². The maximum Gasteiger partial charge on any atom is 0.0663 e. The van der Waals surface area contributed by atoms with Gasteiger partial charge in [0.1, 0.15) is 0 Å². The highest BCUT2D eigenvalue weighted by atomic mass is 16.5. The van der Waals surface area contributed by atoms with Gasteiger partial charge in [0.15, 0.2) is 0 Å². The van der Waals surface area contributed by atoms with Gasteiger partial charge in [-0.25, -0.2) is 0 Å². The summed E-state index contributed by atoms with van der Waals surface area (Å²) in [5, 5.41) is 0.